The summed E-state index contributed by atoms with van der Waals surface area (Å²) in [5.41, 5.74) is -0.680. The van der Waals surface area contributed by atoms with Crippen molar-refractivity contribution in [1.82, 2.24) is 15.1 Å². The third kappa shape index (κ3) is 7.37. The van der Waals surface area contributed by atoms with Gasteiger partial charge in [0.2, 0.25) is 17.7 Å². The van der Waals surface area contributed by atoms with Crippen molar-refractivity contribution in [1.29, 1.82) is 0 Å². The van der Waals surface area contributed by atoms with E-state index in [1.807, 2.05) is 86.7 Å². The molecule has 10 nitrogen and oxygen atoms in total. The number of nitrogens with one attached hydrogen (secondary N) is 1. The van der Waals surface area contributed by atoms with Crippen LogP contribution in [-0.4, -0.2) is 87.7 Å². The number of carbonyl (C=O) groups is 4. The summed E-state index contributed by atoms with van der Waals surface area (Å²) in [6.07, 6.45) is 6.22. The molecule has 278 valence electrons. The van der Waals surface area contributed by atoms with Crippen molar-refractivity contribution in [2.24, 2.45) is 17.3 Å². The van der Waals surface area contributed by atoms with E-state index >= 15 is 9.59 Å². The molecule has 5 bridgehead atoms. The van der Waals surface area contributed by atoms with Crippen molar-refractivity contribution in [3.8, 4) is 0 Å². The fourth-order valence-electron chi connectivity index (χ4n) is 8.86. The van der Waals surface area contributed by atoms with Crippen molar-refractivity contribution in [2.75, 3.05) is 19.8 Å². The van der Waals surface area contributed by atoms with Gasteiger partial charge < -0.3 is 29.7 Å². The maximum absolute atomic E-state index is 15.5. The maximum atomic E-state index is 15.5. The minimum absolute atomic E-state index is 0.0943. The Hall–Kier alpha value is -3.80. The zero-order chi connectivity index (χ0) is 37.4. The molecule has 2 fully saturated rings. The standard InChI is InChI=1S/C41H50BrN3O7/c1-39(2,3)25-40(4,5)44-20-14-8-13-19-31(47)51-24-30(27-17-11-7-12-18-27)43-36(48)32-33-37(49)45(28(23-46)21-26-15-9-6-10-16-26)35(38(44)50)41(33)22-29(42)34(32)52-41/h6-12,14-18,22,28,30,32-35,46H,13,19-21,23-25H2,1-5H3,(H,43,48)/b14-8-/t28-,30-,32-,33+,34-,35-,41+/m1/s1. The van der Waals surface area contributed by atoms with Crippen molar-refractivity contribution in [3.05, 3.63) is 94.5 Å². The Morgan fingerprint density at radius 2 is 1.63 bits per heavy atom. The second-order valence-electron chi connectivity index (χ2n) is 16.3. The van der Waals surface area contributed by atoms with Crippen LogP contribution in [0.1, 0.15) is 71.0 Å². The number of likely N-dealkylation sites (tertiary alicyclic amines) is 1. The van der Waals surface area contributed by atoms with E-state index in [0.717, 1.165) is 11.1 Å². The number of cyclic esters (lactones) is 1. The molecular formula is C41H50BrN3O7. The van der Waals surface area contributed by atoms with E-state index in [1.165, 1.54) is 4.90 Å². The summed E-state index contributed by atoms with van der Waals surface area (Å²) in [6, 6.07) is 16.2. The molecule has 0 radical (unpaired) electrons. The highest BCUT2D eigenvalue weighted by atomic mass is 79.9. The summed E-state index contributed by atoms with van der Waals surface area (Å²) in [6.45, 7) is 10.1. The summed E-state index contributed by atoms with van der Waals surface area (Å²) in [7, 11) is 0. The molecule has 4 aliphatic rings. The minimum atomic E-state index is -1.48. The summed E-state index contributed by atoms with van der Waals surface area (Å²) in [4.78, 5) is 61.2. The molecule has 3 amide bonds. The monoisotopic (exact) mass is 775 g/mol. The van der Waals surface area contributed by atoms with Crippen LogP contribution >= 0.6 is 15.9 Å². The number of fused-ring (bicyclic) bond motifs is 2. The van der Waals surface area contributed by atoms with E-state index in [0.29, 0.717) is 23.7 Å². The van der Waals surface area contributed by atoms with Crippen LogP contribution in [0.25, 0.3) is 0 Å². The van der Waals surface area contributed by atoms with E-state index < -0.39 is 71.6 Å². The zero-order valence-corrected chi connectivity index (χ0v) is 32.2. The van der Waals surface area contributed by atoms with Crippen LogP contribution < -0.4 is 5.32 Å². The van der Waals surface area contributed by atoms with Gasteiger partial charge in [-0.2, -0.15) is 0 Å². The van der Waals surface area contributed by atoms with Gasteiger partial charge in [0.05, 0.1) is 30.5 Å². The molecule has 4 aliphatic heterocycles. The largest absolute Gasteiger partial charge is 0.463 e. The molecule has 4 heterocycles. The number of allylic oxidation sites excluding steroid dienone is 1. The van der Waals surface area contributed by atoms with Crippen molar-refractivity contribution < 1.29 is 33.8 Å². The molecule has 0 unspecified atom stereocenters. The molecule has 0 aromatic heterocycles. The van der Waals surface area contributed by atoms with Crippen LogP contribution in [0.2, 0.25) is 0 Å². The molecule has 0 saturated carbocycles. The lowest BCUT2D eigenvalue weighted by Crippen LogP contribution is -2.62. The first kappa shape index (κ1) is 37.9. The SMILES string of the molecule is CC(C)(C)CC(C)(C)N1C/C=C\CCC(=O)OC[C@H](c2ccccc2)NC(=O)[C@H]2[C@@H]3O[C@@]4(C=C3Br)[C@@H]2C(=O)N([C@@H](CO)Cc2ccccc2)[C@@H]4C1=O. The third-order valence-electron chi connectivity index (χ3n) is 10.7. The first-order valence-corrected chi connectivity index (χ1v) is 19.0. The summed E-state index contributed by atoms with van der Waals surface area (Å²) >= 11 is 3.66. The third-order valence-corrected chi connectivity index (χ3v) is 11.4. The highest BCUT2D eigenvalue weighted by molar-refractivity contribution is 9.11. The second kappa shape index (κ2) is 14.9. The Morgan fingerprint density at radius 3 is 2.29 bits per heavy atom. The van der Waals surface area contributed by atoms with Crippen molar-refractivity contribution >= 4 is 39.6 Å². The van der Waals surface area contributed by atoms with E-state index in [1.54, 1.807) is 11.0 Å². The molecule has 0 aliphatic carbocycles. The van der Waals surface area contributed by atoms with Gasteiger partial charge in [-0.1, -0.05) is 110 Å². The average molecular weight is 777 g/mol. The van der Waals surface area contributed by atoms with Crippen molar-refractivity contribution in [2.45, 2.75) is 95.7 Å². The van der Waals surface area contributed by atoms with E-state index in [4.69, 9.17) is 9.47 Å². The fourth-order valence-corrected chi connectivity index (χ4v) is 9.60. The van der Waals surface area contributed by atoms with Gasteiger partial charge in [-0.05, 0) is 55.7 Å². The van der Waals surface area contributed by atoms with E-state index in [-0.39, 0.29) is 30.9 Å². The number of amides is 3. The van der Waals surface area contributed by atoms with Crippen LogP contribution in [-0.2, 0) is 35.1 Å². The molecule has 2 aromatic rings. The predicted octanol–water partition coefficient (Wildman–Crippen LogP) is 5.26. The lowest BCUT2D eigenvalue weighted by molar-refractivity contribution is -0.154. The summed E-state index contributed by atoms with van der Waals surface area (Å²) in [5, 5.41) is 14.0. The Morgan fingerprint density at radius 1 is 0.962 bits per heavy atom. The highest BCUT2D eigenvalue weighted by Gasteiger charge is 2.75. The Kier molecular flexibility index (Phi) is 10.9. The minimum Gasteiger partial charge on any atom is -0.463 e. The van der Waals surface area contributed by atoms with Crippen LogP contribution in [0.15, 0.2) is 83.4 Å². The summed E-state index contributed by atoms with van der Waals surface area (Å²) in [5.74, 6) is -3.65. The van der Waals surface area contributed by atoms with Gasteiger partial charge in [0.1, 0.15) is 24.4 Å². The molecule has 52 heavy (non-hydrogen) atoms. The second-order valence-corrected chi connectivity index (χ2v) is 17.2. The molecule has 2 saturated heterocycles. The molecule has 11 heteroatoms. The Bertz CT molecular complexity index is 1720. The first-order valence-electron chi connectivity index (χ1n) is 18.2. The number of halogens is 1. The van der Waals surface area contributed by atoms with E-state index in [2.05, 4.69) is 42.0 Å². The lowest BCUT2D eigenvalue weighted by atomic mass is 9.73. The van der Waals surface area contributed by atoms with Crippen LogP contribution in [0, 0.1) is 17.3 Å². The zero-order valence-electron chi connectivity index (χ0n) is 30.6. The van der Waals surface area contributed by atoms with Gasteiger partial charge in [-0.3, -0.25) is 19.2 Å². The van der Waals surface area contributed by atoms with Crippen LogP contribution in [0.3, 0.4) is 0 Å². The summed E-state index contributed by atoms with van der Waals surface area (Å²) < 4.78 is 13.0. The number of aliphatic hydroxyl groups is 1. The number of hydrogen-bond donors (Lipinski definition) is 2. The quantitative estimate of drug-likeness (QED) is 0.291. The number of esters is 1. The topological polar surface area (TPSA) is 125 Å². The average Bonchev–Trinajstić information content (AvgIpc) is 3.69. The maximum Gasteiger partial charge on any atom is 0.306 e. The number of carbonyl (C=O) groups excluding carboxylic acids is 4. The number of hydrogen-bond acceptors (Lipinski definition) is 7. The predicted molar refractivity (Wildman–Crippen MR) is 200 cm³/mol. The molecule has 2 N–H and O–H groups in total. The van der Waals surface area contributed by atoms with Gasteiger partial charge in [0.25, 0.3) is 0 Å². The Labute approximate surface area is 314 Å². The van der Waals surface area contributed by atoms with E-state index in [9.17, 15) is 14.7 Å². The normalized spacial score (nSPS) is 29.8. The smallest absolute Gasteiger partial charge is 0.306 e. The fraction of sp³-hybridized carbons (Fsp3) is 0.512. The van der Waals surface area contributed by atoms with Gasteiger partial charge in [0, 0.05) is 23.0 Å². The van der Waals surface area contributed by atoms with Crippen LogP contribution in [0.4, 0.5) is 0 Å². The molecule has 2 aromatic carbocycles. The number of rotatable bonds is 7. The molecule has 7 atom stereocenters. The molecular weight excluding hydrogens is 726 g/mol. The number of aliphatic hydroxyl groups excluding tert-OH is 1. The van der Waals surface area contributed by atoms with Gasteiger partial charge in [-0.25, -0.2) is 0 Å². The van der Waals surface area contributed by atoms with Gasteiger partial charge in [0.15, 0.2) is 0 Å². The number of ether oxygens (including phenoxy) is 2. The highest BCUT2D eigenvalue weighted by Crippen LogP contribution is 2.59. The number of benzene rings is 2. The van der Waals surface area contributed by atoms with Crippen molar-refractivity contribution in [3.63, 3.8) is 0 Å². The molecule has 6 rings (SSSR count). The number of nitrogens with zero attached hydrogens (tertiary/aromatic N) is 2. The van der Waals surface area contributed by atoms with Gasteiger partial charge in [-0.15, -0.1) is 0 Å². The Balaban J connectivity index is 1.49. The first-order chi connectivity index (χ1) is 24.7. The molecule has 1 spiro atoms. The van der Waals surface area contributed by atoms with Crippen LogP contribution in [0.5, 0.6) is 0 Å². The van der Waals surface area contributed by atoms with Gasteiger partial charge >= 0.3 is 5.97 Å². The lowest BCUT2D eigenvalue weighted by Gasteiger charge is -2.46.